The Morgan fingerprint density at radius 3 is 2.17 bits per heavy atom. The van der Waals surface area contributed by atoms with Crippen LogP contribution in [0.4, 0.5) is 0 Å². The minimum absolute atomic E-state index is 0.0688. The molecule has 0 radical (unpaired) electrons. The van der Waals surface area contributed by atoms with E-state index in [1.165, 1.54) is 0 Å². The number of nitrogens with zero attached hydrogens (tertiary/aromatic N) is 1. The van der Waals surface area contributed by atoms with Crippen LogP contribution in [0.3, 0.4) is 0 Å². The lowest BCUT2D eigenvalue weighted by Crippen LogP contribution is -2.47. The van der Waals surface area contributed by atoms with Crippen LogP contribution in [0, 0.1) is 0 Å². The van der Waals surface area contributed by atoms with Gasteiger partial charge in [0.15, 0.2) is 0 Å². The summed E-state index contributed by atoms with van der Waals surface area (Å²) in [4.78, 5) is 15.6. The van der Waals surface area contributed by atoms with Crippen LogP contribution in [0.15, 0.2) is 78.9 Å². The van der Waals surface area contributed by atoms with Gasteiger partial charge in [-0.2, -0.15) is 0 Å². The van der Waals surface area contributed by atoms with Gasteiger partial charge < -0.3 is 15.2 Å². The second-order valence-corrected chi connectivity index (χ2v) is 10.5. The maximum atomic E-state index is 13.2. The number of halogens is 1. The summed E-state index contributed by atoms with van der Waals surface area (Å²) in [6.45, 7) is 6.20. The SMILES string of the molecule is COc1cc(OC2CCN(C(C)(C)CCC(C(N)=O)(c3ccccc3)c3ccccc3)C2)ccc1Cl. The summed E-state index contributed by atoms with van der Waals surface area (Å²) in [6.07, 6.45) is 2.40. The molecule has 5 nitrogen and oxygen atoms in total. The Balaban J connectivity index is 1.51. The van der Waals surface area contributed by atoms with Crippen molar-refractivity contribution in [3.8, 4) is 11.5 Å². The summed E-state index contributed by atoms with van der Waals surface area (Å²) in [5, 5.41) is 0.564. The van der Waals surface area contributed by atoms with Crippen molar-refractivity contribution in [2.75, 3.05) is 20.2 Å². The molecule has 4 rings (SSSR count). The minimum atomic E-state index is -0.894. The van der Waals surface area contributed by atoms with Gasteiger partial charge in [0.2, 0.25) is 5.91 Å². The third-order valence-electron chi connectivity index (χ3n) is 7.49. The molecule has 1 aliphatic rings. The van der Waals surface area contributed by atoms with E-state index in [-0.39, 0.29) is 17.6 Å². The van der Waals surface area contributed by atoms with Crippen molar-refractivity contribution in [2.24, 2.45) is 5.73 Å². The van der Waals surface area contributed by atoms with Gasteiger partial charge in [-0.15, -0.1) is 0 Å². The standard InChI is InChI=1S/C30H35ClN2O3/c1-29(2,33-19-16-25(21-33)36-24-14-15-26(31)27(20-24)35-3)17-18-30(28(32)34,22-10-6-4-7-11-22)23-12-8-5-9-13-23/h4-15,20,25H,16-19,21H2,1-3H3,(H2,32,34). The van der Waals surface area contributed by atoms with Gasteiger partial charge in [-0.3, -0.25) is 9.69 Å². The van der Waals surface area contributed by atoms with Crippen LogP contribution in [0.1, 0.15) is 44.2 Å². The van der Waals surface area contributed by atoms with E-state index in [1.54, 1.807) is 13.2 Å². The summed E-state index contributed by atoms with van der Waals surface area (Å²) in [6, 6.07) is 25.3. The first-order valence-corrected chi connectivity index (χ1v) is 12.8. The highest BCUT2D eigenvalue weighted by Gasteiger charge is 2.43. The molecule has 1 unspecified atom stereocenters. The molecule has 1 aliphatic heterocycles. The van der Waals surface area contributed by atoms with E-state index < -0.39 is 5.41 Å². The predicted octanol–water partition coefficient (Wildman–Crippen LogP) is 5.83. The van der Waals surface area contributed by atoms with E-state index >= 15 is 0 Å². The summed E-state index contributed by atoms with van der Waals surface area (Å²) in [5.41, 5.74) is 6.98. The van der Waals surface area contributed by atoms with Crippen molar-refractivity contribution in [1.29, 1.82) is 0 Å². The third-order valence-corrected chi connectivity index (χ3v) is 7.80. The molecule has 190 valence electrons. The molecular formula is C30H35ClN2O3. The lowest BCUT2D eigenvalue weighted by Gasteiger charge is -2.40. The molecule has 0 aliphatic carbocycles. The predicted molar refractivity (Wildman–Crippen MR) is 145 cm³/mol. The zero-order valence-corrected chi connectivity index (χ0v) is 22.0. The lowest BCUT2D eigenvalue weighted by atomic mass is 9.69. The highest BCUT2D eigenvalue weighted by Crippen LogP contribution is 2.40. The van der Waals surface area contributed by atoms with E-state index in [0.717, 1.165) is 42.8 Å². The van der Waals surface area contributed by atoms with Crippen LogP contribution in [-0.4, -0.2) is 42.6 Å². The first-order valence-electron chi connectivity index (χ1n) is 12.4. The second-order valence-electron chi connectivity index (χ2n) is 10.1. The van der Waals surface area contributed by atoms with Crippen LogP contribution in [0.2, 0.25) is 5.02 Å². The number of hydrogen-bond acceptors (Lipinski definition) is 4. The van der Waals surface area contributed by atoms with Crippen molar-refractivity contribution in [1.82, 2.24) is 4.90 Å². The smallest absolute Gasteiger partial charge is 0.232 e. The first kappa shape index (κ1) is 26.1. The van der Waals surface area contributed by atoms with Crippen molar-refractivity contribution in [3.63, 3.8) is 0 Å². The minimum Gasteiger partial charge on any atom is -0.495 e. The van der Waals surface area contributed by atoms with Crippen LogP contribution >= 0.6 is 11.6 Å². The van der Waals surface area contributed by atoms with Gasteiger partial charge >= 0.3 is 0 Å². The van der Waals surface area contributed by atoms with Gasteiger partial charge in [-0.1, -0.05) is 72.3 Å². The molecule has 0 spiro atoms. The van der Waals surface area contributed by atoms with E-state index in [9.17, 15) is 4.79 Å². The monoisotopic (exact) mass is 506 g/mol. The summed E-state index contributed by atoms with van der Waals surface area (Å²) in [7, 11) is 1.60. The quantitative estimate of drug-likeness (QED) is 0.375. The van der Waals surface area contributed by atoms with Crippen LogP contribution in [-0.2, 0) is 10.2 Å². The lowest BCUT2D eigenvalue weighted by molar-refractivity contribution is -0.122. The fourth-order valence-electron chi connectivity index (χ4n) is 5.24. The van der Waals surface area contributed by atoms with Gasteiger partial charge in [0.1, 0.15) is 17.6 Å². The molecule has 1 heterocycles. The number of likely N-dealkylation sites (tertiary alicyclic amines) is 1. The van der Waals surface area contributed by atoms with Gasteiger partial charge in [0.05, 0.1) is 17.5 Å². The number of rotatable bonds is 10. The number of hydrogen-bond donors (Lipinski definition) is 1. The second kappa shape index (κ2) is 10.9. The highest BCUT2D eigenvalue weighted by molar-refractivity contribution is 6.32. The third kappa shape index (κ3) is 5.37. The fraction of sp³-hybridized carbons (Fsp3) is 0.367. The molecule has 1 saturated heterocycles. The topological polar surface area (TPSA) is 64.8 Å². The summed E-state index contributed by atoms with van der Waals surface area (Å²) in [5.74, 6) is 1.03. The Morgan fingerprint density at radius 1 is 1.00 bits per heavy atom. The number of primary amides is 1. The molecule has 0 bridgehead atoms. The van der Waals surface area contributed by atoms with Crippen LogP contribution in [0.25, 0.3) is 0 Å². The maximum absolute atomic E-state index is 13.2. The molecule has 6 heteroatoms. The zero-order valence-electron chi connectivity index (χ0n) is 21.2. The summed E-state index contributed by atoms with van der Waals surface area (Å²) < 4.78 is 11.6. The number of carbonyl (C=O) groups is 1. The number of nitrogens with two attached hydrogens (primary N) is 1. The number of ether oxygens (including phenoxy) is 2. The number of carbonyl (C=O) groups excluding carboxylic acids is 1. The molecule has 1 fully saturated rings. The molecule has 1 atom stereocenters. The Kier molecular flexibility index (Phi) is 7.91. The van der Waals surface area contributed by atoms with Crippen molar-refractivity contribution >= 4 is 17.5 Å². The largest absolute Gasteiger partial charge is 0.495 e. The molecule has 0 saturated carbocycles. The Bertz CT molecular complexity index is 1130. The van der Waals surface area contributed by atoms with E-state index in [4.69, 9.17) is 26.8 Å². The van der Waals surface area contributed by atoms with Gasteiger partial charge in [0, 0.05) is 24.7 Å². The summed E-state index contributed by atoms with van der Waals surface area (Å²) >= 11 is 6.16. The highest BCUT2D eigenvalue weighted by atomic mass is 35.5. The van der Waals surface area contributed by atoms with E-state index in [2.05, 4.69) is 18.7 Å². The molecule has 1 amide bonds. The van der Waals surface area contributed by atoms with E-state index in [1.807, 2.05) is 72.8 Å². The molecule has 0 aromatic heterocycles. The number of methoxy groups -OCH3 is 1. The Hall–Kier alpha value is -3.02. The molecule has 36 heavy (non-hydrogen) atoms. The Labute approximate surface area is 219 Å². The Morgan fingerprint density at radius 2 is 1.61 bits per heavy atom. The molecular weight excluding hydrogens is 472 g/mol. The van der Waals surface area contributed by atoms with E-state index in [0.29, 0.717) is 17.2 Å². The normalized spacial score (nSPS) is 16.6. The zero-order chi connectivity index (χ0) is 25.8. The first-order chi connectivity index (χ1) is 17.3. The van der Waals surface area contributed by atoms with Crippen molar-refractivity contribution in [3.05, 3.63) is 95.0 Å². The van der Waals surface area contributed by atoms with Crippen molar-refractivity contribution in [2.45, 2.75) is 50.2 Å². The number of benzene rings is 3. The van der Waals surface area contributed by atoms with Crippen molar-refractivity contribution < 1.29 is 14.3 Å². The number of amides is 1. The maximum Gasteiger partial charge on any atom is 0.232 e. The average Bonchev–Trinajstić information content (AvgIpc) is 3.36. The van der Waals surface area contributed by atoms with Gasteiger partial charge in [0.25, 0.3) is 0 Å². The molecule has 2 N–H and O–H groups in total. The van der Waals surface area contributed by atoms with Crippen LogP contribution < -0.4 is 15.2 Å². The van der Waals surface area contributed by atoms with Gasteiger partial charge in [-0.05, 0) is 56.4 Å². The average molecular weight is 507 g/mol. The molecule has 3 aromatic carbocycles. The molecule has 3 aromatic rings. The van der Waals surface area contributed by atoms with Gasteiger partial charge in [-0.25, -0.2) is 0 Å². The fourth-order valence-corrected chi connectivity index (χ4v) is 5.43. The van der Waals surface area contributed by atoms with Crippen LogP contribution in [0.5, 0.6) is 11.5 Å².